The quantitative estimate of drug-likeness (QED) is 0.917. The van der Waals surface area contributed by atoms with E-state index in [1.807, 2.05) is 22.7 Å². The lowest BCUT2D eigenvalue weighted by Crippen LogP contribution is -2.32. The Balaban J connectivity index is 1.80. The standard InChI is InChI=1S/C16H23N3S2/c1-10(2)17-9-15-11(3)18-16(21-15)19-7-5-14-13(12(19)4)6-8-20-14/h6,8,10,12,17H,5,7,9H2,1-4H3. The molecule has 0 radical (unpaired) electrons. The van der Waals surface area contributed by atoms with Crippen molar-refractivity contribution in [1.82, 2.24) is 10.3 Å². The molecule has 2 aromatic heterocycles. The summed E-state index contributed by atoms with van der Waals surface area (Å²) in [4.78, 5) is 10.2. The van der Waals surface area contributed by atoms with Crippen molar-refractivity contribution in [3.63, 3.8) is 0 Å². The summed E-state index contributed by atoms with van der Waals surface area (Å²) >= 11 is 3.74. The molecule has 0 aromatic carbocycles. The Morgan fingerprint density at radius 3 is 3.05 bits per heavy atom. The van der Waals surface area contributed by atoms with Crippen LogP contribution in [0.25, 0.3) is 0 Å². The highest BCUT2D eigenvalue weighted by molar-refractivity contribution is 7.15. The third kappa shape index (κ3) is 3.00. The molecular weight excluding hydrogens is 298 g/mol. The van der Waals surface area contributed by atoms with E-state index in [2.05, 4.69) is 49.4 Å². The third-order valence-corrected chi connectivity index (χ3v) is 6.27. The molecule has 5 heteroatoms. The molecule has 1 N–H and O–H groups in total. The molecule has 0 amide bonds. The smallest absolute Gasteiger partial charge is 0.186 e. The zero-order valence-electron chi connectivity index (χ0n) is 13.1. The maximum atomic E-state index is 4.83. The van der Waals surface area contributed by atoms with Gasteiger partial charge in [-0.05, 0) is 37.3 Å². The van der Waals surface area contributed by atoms with Crippen LogP contribution in [0.3, 0.4) is 0 Å². The van der Waals surface area contributed by atoms with E-state index in [1.165, 1.54) is 21.3 Å². The molecule has 3 nitrogen and oxygen atoms in total. The molecule has 3 heterocycles. The number of fused-ring (bicyclic) bond motifs is 1. The van der Waals surface area contributed by atoms with Crippen LogP contribution < -0.4 is 10.2 Å². The van der Waals surface area contributed by atoms with Gasteiger partial charge in [0, 0.05) is 28.9 Å². The highest BCUT2D eigenvalue weighted by atomic mass is 32.1. The molecule has 0 bridgehead atoms. The summed E-state index contributed by atoms with van der Waals surface area (Å²) in [6.45, 7) is 10.8. The minimum absolute atomic E-state index is 0.441. The van der Waals surface area contributed by atoms with Crippen molar-refractivity contribution in [1.29, 1.82) is 0 Å². The van der Waals surface area contributed by atoms with Crippen LogP contribution in [0.2, 0.25) is 0 Å². The molecule has 1 aliphatic heterocycles. The largest absolute Gasteiger partial charge is 0.341 e. The lowest BCUT2D eigenvalue weighted by atomic mass is 10.0. The van der Waals surface area contributed by atoms with E-state index in [4.69, 9.17) is 4.98 Å². The summed E-state index contributed by atoms with van der Waals surface area (Å²) in [5.74, 6) is 0. The number of aromatic nitrogens is 1. The first kappa shape index (κ1) is 15.0. The predicted octanol–water partition coefficient (Wildman–Crippen LogP) is 4.13. The number of hydrogen-bond acceptors (Lipinski definition) is 5. The fraction of sp³-hybridized carbons (Fsp3) is 0.562. The Morgan fingerprint density at radius 2 is 2.29 bits per heavy atom. The molecule has 1 atom stereocenters. The number of thiazole rings is 1. The molecule has 21 heavy (non-hydrogen) atoms. The van der Waals surface area contributed by atoms with Crippen molar-refractivity contribution in [2.75, 3.05) is 11.4 Å². The van der Waals surface area contributed by atoms with Crippen LogP contribution in [0.1, 0.15) is 47.8 Å². The lowest BCUT2D eigenvalue weighted by molar-refractivity contribution is 0.591. The summed E-state index contributed by atoms with van der Waals surface area (Å²) in [6, 6.07) is 3.23. The second-order valence-electron chi connectivity index (χ2n) is 5.96. The SMILES string of the molecule is Cc1nc(N2CCc3sccc3C2C)sc1CNC(C)C. The molecule has 0 saturated carbocycles. The monoisotopic (exact) mass is 321 g/mol. The fourth-order valence-corrected chi connectivity index (χ4v) is 4.85. The van der Waals surface area contributed by atoms with Gasteiger partial charge < -0.3 is 10.2 Å². The zero-order chi connectivity index (χ0) is 15.0. The molecule has 3 rings (SSSR count). The van der Waals surface area contributed by atoms with Gasteiger partial charge in [-0.15, -0.1) is 22.7 Å². The number of anilines is 1. The summed E-state index contributed by atoms with van der Waals surface area (Å²) < 4.78 is 0. The molecule has 1 unspecified atom stereocenters. The Morgan fingerprint density at radius 1 is 1.48 bits per heavy atom. The highest BCUT2D eigenvalue weighted by Gasteiger charge is 2.27. The molecule has 0 fully saturated rings. The minimum atomic E-state index is 0.441. The average molecular weight is 322 g/mol. The first-order valence-corrected chi connectivity index (χ1v) is 9.28. The van der Waals surface area contributed by atoms with Crippen molar-refractivity contribution in [2.24, 2.45) is 0 Å². The van der Waals surface area contributed by atoms with Crippen LogP contribution in [0, 0.1) is 6.92 Å². The zero-order valence-corrected chi connectivity index (χ0v) is 14.8. The van der Waals surface area contributed by atoms with E-state index < -0.39 is 0 Å². The number of nitrogens with zero attached hydrogens (tertiary/aromatic N) is 2. The van der Waals surface area contributed by atoms with Gasteiger partial charge in [0.15, 0.2) is 5.13 Å². The summed E-state index contributed by atoms with van der Waals surface area (Å²) in [5, 5.41) is 6.89. The number of rotatable bonds is 4. The second kappa shape index (κ2) is 6.07. The molecular formula is C16H23N3S2. The summed E-state index contributed by atoms with van der Waals surface area (Å²) in [5.41, 5.74) is 2.66. The first-order chi connectivity index (χ1) is 10.1. The van der Waals surface area contributed by atoms with E-state index >= 15 is 0 Å². The van der Waals surface area contributed by atoms with Gasteiger partial charge in [-0.1, -0.05) is 13.8 Å². The number of thiophene rings is 1. The highest BCUT2D eigenvalue weighted by Crippen LogP contribution is 2.38. The van der Waals surface area contributed by atoms with Crippen molar-refractivity contribution in [3.8, 4) is 0 Å². The van der Waals surface area contributed by atoms with Gasteiger partial charge in [0.1, 0.15) is 0 Å². The van der Waals surface area contributed by atoms with Crippen molar-refractivity contribution in [3.05, 3.63) is 32.5 Å². The third-order valence-electron chi connectivity index (χ3n) is 4.08. The van der Waals surface area contributed by atoms with Crippen LogP contribution in [-0.2, 0) is 13.0 Å². The minimum Gasteiger partial charge on any atom is -0.341 e. The summed E-state index contributed by atoms with van der Waals surface area (Å²) in [6.07, 6.45) is 1.15. The van der Waals surface area contributed by atoms with Gasteiger partial charge in [0.05, 0.1) is 11.7 Å². The Kier molecular flexibility index (Phi) is 4.33. The Hall–Kier alpha value is -0.910. The van der Waals surface area contributed by atoms with Crippen molar-refractivity contribution in [2.45, 2.75) is 52.7 Å². The van der Waals surface area contributed by atoms with E-state index in [1.54, 1.807) is 4.88 Å². The van der Waals surface area contributed by atoms with Gasteiger partial charge in [-0.3, -0.25) is 0 Å². The van der Waals surface area contributed by atoms with Crippen LogP contribution in [0.15, 0.2) is 11.4 Å². The van der Waals surface area contributed by atoms with Crippen LogP contribution in [0.5, 0.6) is 0 Å². The molecule has 0 spiro atoms. The topological polar surface area (TPSA) is 28.2 Å². The second-order valence-corrected chi connectivity index (χ2v) is 8.02. The first-order valence-electron chi connectivity index (χ1n) is 7.59. The number of hydrogen-bond donors (Lipinski definition) is 1. The molecule has 114 valence electrons. The van der Waals surface area contributed by atoms with Gasteiger partial charge in [0.25, 0.3) is 0 Å². The molecule has 0 saturated heterocycles. The van der Waals surface area contributed by atoms with E-state index in [0.29, 0.717) is 12.1 Å². The fourth-order valence-electron chi connectivity index (χ4n) is 2.77. The predicted molar refractivity (Wildman–Crippen MR) is 92.6 cm³/mol. The van der Waals surface area contributed by atoms with Gasteiger partial charge in [-0.25, -0.2) is 4.98 Å². The van der Waals surface area contributed by atoms with Crippen LogP contribution >= 0.6 is 22.7 Å². The lowest BCUT2D eigenvalue weighted by Gasteiger charge is -2.33. The van der Waals surface area contributed by atoms with Gasteiger partial charge >= 0.3 is 0 Å². The van der Waals surface area contributed by atoms with Crippen molar-refractivity contribution < 1.29 is 0 Å². The van der Waals surface area contributed by atoms with Crippen LogP contribution in [0.4, 0.5) is 5.13 Å². The van der Waals surface area contributed by atoms with E-state index in [-0.39, 0.29) is 0 Å². The Bertz CT molecular complexity index is 615. The van der Waals surface area contributed by atoms with Crippen LogP contribution in [-0.4, -0.2) is 17.6 Å². The van der Waals surface area contributed by atoms with Crippen molar-refractivity contribution >= 4 is 27.8 Å². The normalized spacial score (nSPS) is 18.3. The molecule has 1 aliphatic rings. The molecule has 2 aromatic rings. The Labute approximate surface area is 135 Å². The maximum Gasteiger partial charge on any atom is 0.186 e. The maximum absolute atomic E-state index is 4.83. The number of aryl methyl sites for hydroxylation is 1. The number of nitrogens with one attached hydrogen (secondary N) is 1. The van der Waals surface area contributed by atoms with Gasteiger partial charge in [0.2, 0.25) is 0 Å². The summed E-state index contributed by atoms with van der Waals surface area (Å²) in [7, 11) is 0. The van der Waals surface area contributed by atoms with E-state index in [9.17, 15) is 0 Å². The average Bonchev–Trinajstić information content (AvgIpc) is 3.04. The van der Waals surface area contributed by atoms with E-state index in [0.717, 1.165) is 19.5 Å². The van der Waals surface area contributed by atoms with Gasteiger partial charge in [-0.2, -0.15) is 0 Å². The molecule has 0 aliphatic carbocycles.